The zero-order valence-electron chi connectivity index (χ0n) is 9.91. The van der Waals surface area contributed by atoms with Crippen molar-refractivity contribution in [1.29, 1.82) is 0 Å². The zero-order valence-corrected chi connectivity index (χ0v) is 9.91. The lowest BCUT2D eigenvalue weighted by Crippen LogP contribution is -2.24. The molecule has 0 bridgehead atoms. The standard InChI is InChI=1S/C14H13N3O/c1-2-10-7-14(18)17(9-10)11-3-4-12-13(8-11)16-6-5-15-12/h2-6,8,10H,1,7,9H2. The predicted octanol–water partition coefficient (Wildman–Crippen LogP) is 2.17. The third-order valence-electron chi connectivity index (χ3n) is 3.25. The first-order valence-electron chi connectivity index (χ1n) is 5.91. The molecule has 0 aliphatic carbocycles. The minimum absolute atomic E-state index is 0.142. The summed E-state index contributed by atoms with van der Waals surface area (Å²) in [6.07, 6.45) is 5.71. The average Bonchev–Trinajstić information content (AvgIpc) is 2.79. The molecule has 0 N–H and O–H groups in total. The van der Waals surface area contributed by atoms with Gasteiger partial charge in [0.1, 0.15) is 0 Å². The number of rotatable bonds is 2. The van der Waals surface area contributed by atoms with Crippen LogP contribution in [0.5, 0.6) is 0 Å². The first-order valence-corrected chi connectivity index (χ1v) is 5.91. The number of anilines is 1. The molecule has 1 amide bonds. The third kappa shape index (κ3) is 1.76. The molecule has 1 saturated heterocycles. The summed E-state index contributed by atoms with van der Waals surface area (Å²) in [6.45, 7) is 4.46. The first kappa shape index (κ1) is 10.9. The Labute approximate surface area is 105 Å². The fourth-order valence-electron chi connectivity index (χ4n) is 2.26. The summed E-state index contributed by atoms with van der Waals surface area (Å²) < 4.78 is 0. The summed E-state index contributed by atoms with van der Waals surface area (Å²) in [4.78, 5) is 22.2. The Kier molecular flexibility index (Phi) is 2.55. The predicted molar refractivity (Wildman–Crippen MR) is 70.2 cm³/mol. The summed E-state index contributed by atoms with van der Waals surface area (Å²) in [5, 5.41) is 0. The molecule has 1 aliphatic rings. The molecule has 1 aliphatic heterocycles. The van der Waals surface area contributed by atoms with Gasteiger partial charge in [0, 0.05) is 37.0 Å². The highest BCUT2D eigenvalue weighted by atomic mass is 16.2. The molecule has 18 heavy (non-hydrogen) atoms. The number of hydrogen-bond acceptors (Lipinski definition) is 3. The normalized spacial score (nSPS) is 19.4. The SMILES string of the molecule is C=CC1CC(=O)N(c2ccc3nccnc3c2)C1. The molecule has 1 fully saturated rings. The van der Waals surface area contributed by atoms with E-state index in [1.165, 1.54) is 0 Å². The summed E-state index contributed by atoms with van der Waals surface area (Å²) in [7, 11) is 0. The topological polar surface area (TPSA) is 46.1 Å². The van der Waals surface area contributed by atoms with E-state index in [0.717, 1.165) is 16.7 Å². The molecular weight excluding hydrogens is 226 g/mol. The van der Waals surface area contributed by atoms with E-state index in [9.17, 15) is 4.79 Å². The van der Waals surface area contributed by atoms with Crippen molar-refractivity contribution in [2.45, 2.75) is 6.42 Å². The largest absolute Gasteiger partial charge is 0.312 e. The highest BCUT2D eigenvalue weighted by Crippen LogP contribution is 2.27. The number of benzene rings is 1. The highest BCUT2D eigenvalue weighted by Gasteiger charge is 2.28. The monoisotopic (exact) mass is 239 g/mol. The van der Waals surface area contributed by atoms with Crippen LogP contribution < -0.4 is 4.90 Å². The van der Waals surface area contributed by atoms with Gasteiger partial charge in [0.05, 0.1) is 11.0 Å². The van der Waals surface area contributed by atoms with E-state index in [1.807, 2.05) is 24.3 Å². The van der Waals surface area contributed by atoms with Gasteiger partial charge in [-0.25, -0.2) is 0 Å². The maximum Gasteiger partial charge on any atom is 0.227 e. The van der Waals surface area contributed by atoms with E-state index in [1.54, 1.807) is 17.3 Å². The summed E-state index contributed by atoms with van der Waals surface area (Å²) in [6, 6.07) is 5.72. The number of amides is 1. The molecular formula is C14H13N3O. The van der Waals surface area contributed by atoms with Crippen LogP contribution in [-0.4, -0.2) is 22.4 Å². The molecule has 0 spiro atoms. The van der Waals surface area contributed by atoms with Crippen LogP contribution in [0.3, 0.4) is 0 Å². The minimum Gasteiger partial charge on any atom is -0.312 e. The van der Waals surface area contributed by atoms with Gasteiger partial charge in [0.2, 0.25) is 5.91 Å². The van der Waals surface area contributed by atoms with Crippen LogP contribution in [0, 0.1) is 5.92 Å². The Hall–Kier alpha value is -2.23. The number of fused-ring (bicyclic) bond motifs is 1. The molecule has 1 atom stereocenters. The van der Waals surface area contributed by atoms with Crippen LogP contribution >= 0.6 is 0 Å². The van der Waals surface area contributed by atoms with E-state index in [0.29, 0.717) is 13.0 Å². The van der Waals surface area contributed by atoms with Crippen LogP contribution in [0.25, 0.3) is 11.0 Å². The molecule has 3 rings (SSSR count). The van der Waals surface area contributed by atoms with Gasteiger partial charge >= 0.3 is 0 Å². The maximum atomic E-state index is 11.9. The van der Waals surface area contributed by atoms with Gasteiger partial charge < -0.3 is 4.90 Å². The third-order valence-corrected chi connectivity index (χ3v) is 3.25. The lowest BCUT2D eigenvalue weighted by atomic mass is 10.1. The Morgan fingerprint density at radius 2 is 2.06 bits per heavy atom. The molecule has 2 heterocycles. The van der Waals surface area contributed by atoms with Crippen molar-refractivity contribution in [2.24, 2.45) is 5.92 Å². The molecule has 0 saturated carbocycles. The van der Waals surface area contributed by atoms with Crippen LogP contribution in [0.15, 0.2) is 43.2 Å². The van der Waals surface area contributed by atoms with Crippen molar-refractivity contribution in [3.8, 4) is 0 Å². The number of nitrogens with zero attached hydrogens (tertiary/aromatic N) is 3. The van der Waals surface area contributed by atoms with E-state index in [-0.39, 0.29) is 11.8 Å². The van der Waals surface area contributed by atoms with Gasteiger partial charge in [-0.05, 0) is 18.2 Å². The van der Waals surface area contributed by atoms with Gasteiger partial charge in [0.15, 0.2) is 0 Å². The Balaban J connectivity index is 1.99. The molecule has 4 nitrogen and oxygen atoms in total. The minimum atomic E-state index is 0.142. The zero-order chi connectivity index (χ0) is 12.5. The van der Waals surface area contributed by atoms with Gasteiger partial charge in [0.25, 0.3) is 0 Å². The number of carbonyl (C=O) groups is 1. The van der Waals surface area contributed by atoms with E-state index in [2.05, 4.69) is 16.5 Å². The maximum absolute atomic E-state index is 11.9. The quantitative estimate of drug-likeness (QED) is 0.754. The molecule has 90 valence electrons. The highest BCUT2D eigenvalue weighted by molar-refractivity contribution is 5.97. The van der Waals surface area contributed by atoms with Crippen molar-refractivity contribution >= 4 is 22.6 Å². The fraction of sp³-hybridized carbons (Fsp3) is 0.214. The van der Waals surface area contributed by atoms with Crippen molar-refractivity contribution in [2.75, 3.05) is 11.4 Å². The van der Waals surface area contributed by atoms with Crippen LogP contribution in [0.4, 0.5) is 5.69 Å². The molecule has 0 radical (unpaired) electrons. The van der Waals surface area contributed by atoms with Crippen molar-refractivity contribution in [3.63, 3.8) is 0 Å². The summed E-state index contributed by atoms with van der Waals surface area (Å²) in [5.41, 5.74) is 2.54. The Morgan fingerprint density at radius 3 is 2.78 bits per heavy atom. The van der Waals surface area contributed by atoms with Gasteiger partial charge in [-0.15, -0.1) is 6.58 Å². The Bertz CT molecular complexity index is 623. The van der Waals surface area contributed by atoms with Crippen LogP contribution in [-0.2, 0) is 4.79 Å². The van der Waals surface area contributed by atoms with Gasteiger partial charge in [-0.3, -0.25) is 14.8 Å². The van der Waals surface area contributed by atoms with E-state index < -0.39 is 0 Å². The number of aromatic nitrogens is 2. The van der Waals surface area contributed by atoms with E-state index in [4.69, 9.17) is 0 Å². The van der Waals surface area contributed by atoms with Crippen molar-refractivity contribution in [3.05, 3.63) is 43.2 Å². The second kappa shape index (κ2) is 4.22. The van der Waals surface area contributed by atoms with E-state index >= 15 is 0 Å². The average molecular weight is 239 g/mol. The van der Waals surface area contributed by atoms with Gasteiger partial charge in [-0.2, -0.15) is 0 Å². The lowest BCUT2D eigenvalue weighted by Gasteiger charge is -2.16. The molecule has 2 aromatic rings. The summed E-state index contributed by atoms with van der Waals surface area (Å²) in [5.74, 6) is 0.387. The van der Waals surface area contributed by atoms with Crippen molar-refractivity contribution < 1.29 is 4.79 Å². The smallest absolute Gasteiger partial charge is 0.227 e. The van der Waals surface area contributed by atoms with Crippen molar-refractivity contribution in [1.82, 2.24) is 9.97 Å². The molecule has 1 aromatic carbocycles. The molecule has 4 heteroatoms. The second-order valence-corrected chi connectivity index (χ2v) is 4.43. The number of hydrogen-bond donors (Lipinski definition) is 0. The lowest BCUT2D eigenvalue weighted by molar-refractivity contribution is -0.117. The Morgan fingerprint density at radius 1 is 1.28 bits per heavy atom. The van der Waals surface area contributed by atoms with Crippen LogP contribution in [0.2, 0.25) is 0 Å². The fourth-order valence-corrected chi connectivity index (χ4v) is 2.26. The first-order chi connectivity index (χ1) is 8.78. The summed E-state index contributed by atoms with van der Waals surface area (Å²) >= 11 is 0. The number of carbonyl (C=O) groups excluding carboxylic acids is 1. The molecule has 1 aromatic heterocycles. The molecule has 1 unspecified atom stereocenters. The second-order valence-electron chi connectivity index (χ2n) is 4.43. The van der Waals surface area contributed by atoms with Gasteiger partial charge in [-0.1, -0.05) is 6.08 Å². The van der Waals surface area contributed by atoms with Crippen LogP contribution in [0.1, 0.15) is 6.42 Å².